The van der Waals surface area contributed by atoms with Gasteiger partial charge in [-0.15, -0.1) is 0 Å². The SMILES string of the molecule is CC(C)(C)OC(=O)NC(C=O)(CCCc1ccc(Sc2cccc(OCc3ccccc3)c2)cc1Cl)CO[Si](C)(C)C(C)(C)C. The molecule has 0 radical (unpaired) electrons. The fourth-order valence-corrected chi connectivity index (χ4v) is 6.52. The van der Waals surface area contributed by atoms with Crippen molar-refractivity contribution in [3.63, 3.8) is 0 Å². The van der Waals surface area contributed by atoms with Crippen molar-refractivity contribution >= 4 is 44.1 Å². The number of alkyl carbamates (subject to hydrolysis) is 1. The van der Waals surface area contributed by atoms with Crippen LogP contribution in [0.25, 0.3) is 0 Å². The molecule has 9 heteroatoms. The summed E-state index contributed by atoms with van der Waals surface area (Å²) in [4.78, 5) is 27.4. The second-order valence-corrected chi connectivity index (χ2v) is 20.3. The molecule has 0 spiro atoms. The third-order valence-corrected chi connectivity index (χ3v) is 13.7. The number of nitrogens with one attached hydrogen (secondary N) is 1. The average Bonchev–Trinajstić information content (AvgIpc) is 2.95. The van der Waals surface area contributed by atoms with Crippen molar-refractivity contribution in [3.8, 4) is 5.75 Å². The van der Waals surface area contributed by atoms with Crippen molar-refractivity contribution in [2.75, 3.05) is 6.61 Å². The van der Waals surface area contributed by atoms with Gasteiger partial charge < -0.3 is 24.0 Å². The highest BCUT2D eigenvalue weighted by atomic mass is 35.5. The zero-order valence-electron chi connectivity index (χ0n) is 27.9. The maximum absolute atomic E-state index is 12.8. The molecular formula is C36H48ClNO5SSi. The highest BCUT2D eigenvalue weighted by molar-refractivity contribution is 7.99. The molecule has 3 aromatic rings. The quantitative estimate of drug-likeness (QED) is 0.136. The molecule has 1 atom stereocenters. The molecule has 0 fully saturated rings. The van der Waals surface area contributed by atoms with Gasteiger partial charge in [0.05, 0.1) is 6.61 Å². The molecule has 6 nitrogen and oxygen atoms in total. The van der Waals surface area contributed by atoms with Crippen LogP contribution in [0.2, 0.25) is 23.2 Å². The van der Waals surface area contributed by atoms with Crippen molar-refractivity contribution in [3.05, 3.63) is 88.9 Å². The minimum absolute atomic E-state index is 0.0443. The highest BCUT2D eigenvalue weighted by Crippen LogP contribution is 2.37. The monoisotopic (exact) mass is 669 g/mol. The Hall–Kier alpha value is -2.78. The summed E-state index contributed by atoms with van der Waals surface area (Å²) < 4.78 is 17.9. The zero-order valence-corrected chi connectivity index (χ0v) is 30.4. The average molecular weight is 670 g/mol. The minimum Gasteiger partial charge on any atom is -0.489 e. The molecule has 0 bridgehead atoms. The number of halogens is 1. The highest BCUT2D eigenvalue weighted by Gasteiger charge is 2.41. The first kappa shape index (κ1) is 36.7. The first-order valence-electron chi connectivity index (χ1n) is 15.4. The van der Waals surface area contributed by atoms with E-state index in [0.29, 0.717) is 30.9 Å². The molecule has 3 aromatic carbocycles. The molecule has 0 saturated carbocycles. The van der Waals surface area contributed by atoms with Crippen molar-refractivity contribution < 1.29 is 23.5 Å². The van der Waals surface area contributed by atoms with E-state index in [1.54, 1.807) is 32.5 Å². The van der Waals surface area contributed by atoms with Crippen LogP contribution in [0.4, 0.5) is 4.79 Å². The molecule has 1 unspecified atom stereocenters. The summed E-state index contributed by atoms with van der Waals surface area (Å²) in [6.45, 7) is 16.7. The number of carbonyl (C=O) groups is 2. The molecule has 45 heavy (non-hydrogen) atoms. The van der Waals surface area contributed by atoms with Gasteiger partial charge in [-0.05, 0) is 99.6 Å². The van der Waals surface area contributed by atoms with Crippen LogP contribution in [0.3, 0.4) is 0 Å². The van der Waals surface area contributed by atoms with Crippen LogP contribution in [-0.4, -0.2) is 38.4 Å². The van der Waals surface area contributed by atoms with Gasteiger partial charge in [0.15, 0.2) is 8.32 Å². The van der Waals surface area contributed by atoms with Crippen LogP contribution in [0, 0.1) is 0 Å². The third-order valence-electron chi connectivity index (χ3n) is 7.86. The maximum atomic E-state index is 12.8. The molecule has 3 rings (SSSR count). The lowest BCUT2D eigenvalue weighted by Crippen LogP contribution is -2.57. The van der Waals surface area contributed by atoms with E-state index in [-0.39, 0.29) is 11.6 Å². The first-order valence-corrected chi connectivity index (χ1v) is 19.5. The largest absolute Gasteiger partial charge is 0.489 e. The topological polar surface area (TPSA) is 73.9 Å². The molecule has 0 heterocycles. The Labute approximate surface area is 279 Å². The number of rotatable bonds is 14. The number of aryl methyl sites for hydroxylation is 1. The molecule has 1 amide bonds. The molecule has 0 aliphatic heterocycles. The Morgan fingerprint density at radius 1 is 0.933 bits per heavy atom. The predicted octanol–water partition coefficient (Wildman–Crippen LogP) is 9.88. The van der Waals surface area contributed by atoms with Gasteiger partial charge in [0.1, 0.15) is 29.8 Å². The second kappa shape index (κ2) is 15.7. The minimum atomic E-state index is -2.19. The van der Waals surface area contributed by atoms with E-state index in [9.17, 15) is 9.59 Å². The van der Waals surface area contributed by atoms with Gasteiger partial charge in [0, 0.05) is 14.8 Å². The van der Waals surface area contributed by atoms with Crippen molar-refractivity contribution in [2.45, 2.75) is 106 Å². The van der Waals surface area contributed by atoms with Gasteiger partial charge in [-0.1, -0.05) is 86.6 Å². The Morgan fingerprint density at radius 2 is 1.62 bits per heavy atom. The molecule has 244 valence electrons. The normalized spacial score (nSPS) is 13.5. The van der Waals surface area contributed by atoms with E-state index in [2.05, 4.69) is 45.2 Å². The summed E-state index contributed by atoms with van der Waals surface area (Å²) in [7, 11) is -2.19. The summed E-state index contributed by atoms with van der Waals surface area (Å²) in [5.74, 6) is 0.808. The van der Waals surface area contributed by atoms with Gasteiger partial charge in [-0.2, -0.15) is 0 Å². The lowest BCUT2D eigenvalue weighted by atomic mass is 9.93. The first-order chi connectivity index (χ1) is 21.0. The maximum Gasteiger partial charge on any atom is 0.408 e. The Balaban J connectivity index is 1.65. The van der Waals surface area contributed by atoms with Gasteiger partial charge in [-0.3, -0.25) is 0 Å². The zero-order chi connectivity index (χ0) is 33.3. The van der Waals surface area contributed by atoms with Crippen LogP contribution in [0.1, 0.15) is 65.5 Å². The van der Waals surface area contributed by atoms with Gasteiger partial charge in [0.2, 0.25) is 0 Å². The van der Waals surface area contributed by atoms with Crippen LogP contribution in [0.5, 0.6) is 5.75 Å². The summed E-state index contributed by atoms with van der Waals surface area (Å²) in [5.41, 5.74) is 0.187. The lowest BCUT2D eigenvalue weighted by Gasteiger charge is -2.39. The number of benzene rings is 3. The number of aldehydes is 1. The van der Waals surface area contributed by atoms with E-state index in [1.165, 1.54) is 0 Å². The fourth-order valence-electron chi connectivity index (χ4n) is 4.22. The van der Waals surface area contributed by atoms with Crippen LogP contribution >= 0.6 is 23.4 Å². The number of hydrogen-bond donors (Lipinski definition) is 1. The van der Waals surface area contributed by atoms with Gasteiger partial charge in [-0.25, -0.2) is 4.79 Å². The van der Waals surface area contributed by atoms with Crippen molar-refractivity contribution in [1.29, 1.82) is 0 Å². The van der Waals surface area contributed by atoms with Crippen LogP contribution < -0.4 is 10.1 Å². The van der Waals surface area contributed by atoms with E-state index < -0.39 is 25.6 Å². The van der Waals surface area contributed by atoms with Gasteiger partial charge >= 0.3 is 6.09 Å². The molecule has 1 N–H and O–H groups in total. The summed E-state index contributed by atoms with van der Waals surface area (Å²) >= 11 is 8.36. The van der Waals surface area contributed by atoms with Crippen molar-refractivity contribution in [2.24, 2.45) is 0 Å². The van der Waals surface area contributed by atoms with E-state index >= 15 is 0 Å². The van der Waals surface area contributed by atoms with Crippen LogP contribution in [0.15, 0.2) is 82.6 Å². The number of carbonyl (C=O) groups excluding carboxylic acids is 2. The van der Waals surface area contributed by atoms with E-state index in [0.717, 1.165) is 33.0 Å². The van der Waals surface area contributed by atoms with E-state index in [1.807, 2.05) is 66.7 Å². The van der Waals surface area contributed by atoms with Crippen LogP contribution in [-0.2, 0) is 27.0 Å². The Kier molecular flexibility index (Phi) is 12.8. The molecular weight excluding hydrogens is 622 g/mol. The second-order valence-electron chi connectivity index (χ2n) is 13.9. The number of hydrogen-bond acceptors (Lipinski definition) is 6. The molecule has 0 aliphatic carbocycles. The fraction of sp³-hybridized carbons (Fsp3) is 0.444. The molecule has 0 aromatic heterocycles. The smallest absolute Gasteiger partial charge is 0.408 e. The number of amides is 1. The van der Waals surface area contributed by atoms with Crippen molar-refractivity contribution in [1.82, 2.24) is 5.32 Å². The Morgan fingerprint density at radius 3 is 2.24 bits per heavy atom. The van der Waals surface area contributed by atoms with E-state index in [4.69, 9.17) is 25.5 Å². The van der Waals surface area contributed by atoms with Gasteiger partial charge in [0.25, 0.3) is 0 Å². The number of ether oxygens (including phenoxy) is 2. The summed E-state index contributed by atoms with van der Waals surface area (Å²) in [5, 5.41) is 3.46. The predicted molar refractivity (Wildman–Crippen MR) is 187 cm³/mol. The third kappa shape index (κ3) is 11.8. The standard InChI is InChI=1S/C36H48ClNO5SSi/c1-34(2,3)43-33(40)38-36(25-39,26-42-45(7,8)35(4,5)6)21-13-16-28-19-20-31(23-32(28)37)44-30-18-12-17-29(22-30)41-24-27-14-10-9-11-15-27/h9-12,14-15,17-20,22-23,25H,13,16,21,24,26H2,1-8H3,(H,38,40). The molecule has 0 saturated heterocycles. The summed E-state index contributed by atoms with van der Waals surface area (Å²) in [6, 6.07) is 24.1. The Bertz CT molecular complexity index is 1420. The summed E-state index contributed by atoms with van der Waals surface area (Å²) in [6.07, 6.45) is 1.79. The molecule has 0 aliphatic rings. The lowest BCUT2D eigenvalue weighted by molar-refractivity contribution is -0.115.